The lowest BCUT2D eigenvalue weighted by Gasteiger charge is -2.62. The minimum absolute atomic E-state index is 0.0359. The smallest absolute Gasteiger partial charge is 0.306 e. The van der Waals surface area contributed by atoms with Crippen LogP contribution in [0.4, 0.5) is 5.69 Å². The minimum Gasteiger partial charge on any atom is -0.497 e. The van der Waals surface area contributed by atoms with Crippen molar-refractivity contribution >= 4 is 17.6 Å². The molecule has 2 atom stereocenters. The Morgan fingerprint density at radius 2 is 1.64 bits per heavy atom. The second-order valence-electron chi connectivity index (χ2n) is 10.5. The number of carbonyl (C=O) groups is 2. The van der Waals surface area contributed by atoms with Crippen molar-refractivity contribution < 1.29 is 19.1 Å². The van der Waals surface area contributed by atoms with Gasteiger partial charge in [0.05, 0.1) is 20.1 Å². The van der Waals surface area contributed by atoms with Crippen LogP contribution < -0.4 is 10.1 Å². The van der Waals surface area contributed by atoms with Gasteiger partial charge in [0.15, 0.2) is 0 Å². The Balaban J connectivity index is 1.32. The van der Waals surface area contributed by atoms with E-state index in [1.54, 1.807) is 31.4 Å². The average molecular weight is 448 g/mol. The van der Waals surface area contributed by atoms with E-state index in [0.717, 1.165) is 17.9 Å². The maximum atomic E-state index is 12.6. The SMILES string of the molecule is CCOC(=O)CC12CC3CC(C1)CC(c1ccc(NC(=O)c4ccc(OC)cc4)cc1)(C3)C2. The van der Waals surface area contributed by atoms with E-state index in [1.165, 1.54) is 37.7 Å². The van der Waals surface area contributed by atoms with Gasteiger partial charge >= 0.3 is 5.97 Å². The van der Waals surface area contributed by atoms with E-state index in [2.05, 4.69) is 17.4 Å². The summed E-state index contributed by atoms with van der Waals surface area (Å²) >= 11 is 0. The molecule has 1 amide bonds. The maximum absolute atomic E-state index is 12.6. The van der Waals surface area contributed by atoms with E-state index in [9.17, 15) is 9.59 Å². The van der Waals surface area contributed by atoms with Crippen LogP contribution in [0.15, 0.2) is 48.5 Å². The Morgan fingerprint density at radius 1 is 0.970 bits per heavy atom. The highest BCUT2D eigenvalue weighted by Crippen LogP contribution is 2.66. The van der Waals surface area contributed by atoms with Gasteiger partial charge in [-0.1, -0.05) is 12.1 Å². The summed E-state index contributed by atoms with van der Waals surface area (Å²) in [6, 6.07) is 15.5. The van der Waals surface area contributed by atoms with Crippen LogP contribution >= 0.6 is 0 Å². The first kappa shape index (κ1) is 22.0. The van der Waals surface area contributed by atoms with E-state index >= 15 is 0 Å². The Kier molecular flexibility index (Phi) is 5.67. The van der Waals surface area contributed by atoms with Gasteiger partial charge in [0, 0.05) is 11.3 Å². The Hall–Kier alpha value is -2.82. The van der Waals surface area contributed by atoms with Crippen LogP contribution in [-0.4, -0.2) is 25.6 Å². The number of anilines is 1. The number of carbonyl (C=O) groups excluding carboxylic acids is 2. The molecule has 0 spiro atoms. The second-order valence-corrected chi connectivity index (χ2v) is 10.5. The lowest BCUT2D eigenvalue weighted by atomic mass is 9.42. The van der Waals surface area contributed by atoms with Crippen molar-refractivity contribution in [1.82, 2.24) is 0 Å². The number of amides is 1. The molecule has 5 heteroatoms. The van der Waals surface area contributed by atoms with Crippen molar-refractivity contribution in [3.05, 3.63) is 59.7 Å². The van der Waals surface area contributed by atoms with Gasteiger partial charge in [-0.3, -0.25) is 9.59 Å². The number of benzene rings is 2. The first-order valence-corrected chi connectivity index (χ1v) is 12.1. The lowest BCUT2D eigenvalue weighted by molar-refractivity contribution is -0.152. The summed E-state index contributed by atoms with van der Waals surface area (Å²) in [6.45, 7) is 2.34. The lowest BCUT2D eigenvalue weighted by Crippen LogP contribution is -2.54. The second kappa shape index (κ2) is 8.51. The first-order valence-electron chi connectivity index (χ1n) is 12.1. The summed E-state index contributed by atoms with van der Waals surface area (Å²) in [5.74, 6) is 1.97. The molecule has 0 aromatic heterocycles. The molecule has 1 N–H and O–H groups in total. The molecule has 0 saturated heterocycles. The Labute approximate surface area is 195 Å². The molecule has 4 aliphatic rings. The molecule has 4 aliphatic carbocycles. The quantitative estimate of drug-likeness (QED) is 0.550. The molecule has 0 radical (unpaired) electrons. The van der Waals surface area contributed by atoms with Gasteiger partial charge in [-0.25, -0.2) is 0 Å². The van der Waals surface area contributed by atoms with Gasteiger partial charge in [0.25, 0.3) is 5.91 Å². The van der Waals surface area contributed by atoms with Gasteiger partial charge in [0.2, 0.25) is 0 Å². The van der Waals surface area contributed by atoms with E-state index in [4.69, 9.17) is 9.47 Å². The minimum atomic E-state index is -0.131. The number of hydrogen-bond donors (Lipinski definition) is 1. The zero-order chi connectivity index (χ0) is 23.1. The third-order valence-electron chi connectivity index (χ3n) is 8.11. The van der Waals surface area contributed by atoms with Gasteiger partial charge < -0.3 is 14.8 Å². The first-order chi connectivity index (χ1) is 15.9. The van der Waals surface area contributed by atoms with Crippen LogP contribution in [0.2, 0.25) is 0 Å². The van der Waals surface area contributed by atoms with E-state index in [0.29, 0.717) is 30.4 Å². The van der Waals surface area contributed by atoms with Crippen LogP contribution in [-0.2, 0) is 14.9 Å². The maximum Gasteiger partial charge on any atom is 0.306 e. The summed E-state index contributed by atoms with van der Waals surface area (Å²) < 4.78 is 10.5. The van der Waals surface area contributed by atoms with Gasteiger partial charge in [-0.2, -0.15) is 0 Å². The zero-order valence-electron chi connectivity index (χ0n) is 19.6. The van der Waals surface area contributed by atoms with Crippen molar-refractivity contribution in [3.8, 4) is 5.75 Å². The van der Waals surface area contributed by atoms with Gasteiger partial charge in [-0.15, -0.1) is 0 Å². The molecule has 4 fully saturated rings. The molecule has 2 aromatic rings. The van der Waals surface area contributed by atoms with E-state index < -0.39 is 0 Å². The fraction of sp³-hybridized carbons (Fsp3) is 0.500. The summed E-state index contributed by atoms with van der Waals surface area (Å²) in [7, 11) is 1.61. The molecule has 2 unspecified atom stereocenters. The molecule has 33 heavy (non-hydrogen) atoms. The highest BCUT2D eigenvalue weighted by molar-refractivity contribution is 6.04. The Morgan fingerprint density at radius 3 is 2.24 bits per heavy atom. The van der Waals surface area contributed by atoms with Crippen LogP contribution in [0.1, 0.15) is 67.8 Å². The summed E-state index contributed by atoms with van der Waals surface area (Å²) in [5.41, 5.74) is 2.99. The fourth-order valence-electron chi connectivity index (χ4n) is 7.37. The third-order valence-corrected chi connectivity index (χ3v) is 8.11. The van der Waals surface area contributed by atoms with Crippen molar-refractivity contribution in [1.29, 1.82) is 0 Å². The number of nitrogens with one attached hydrogen (secondary N) is 1. The molecular weight excluding hydrogens is 414 g/mol. The third kappa shape index (κ3) is 4.25. The fourth-order valence-corrected chi connectivity index (χ4v) is 7.37. The summed E-state index contributed by atoms with van der Waals surface area (Å²) in [6.07, 6.45) is 7.70. The molecule has 0 aliphatic heterocycles. The van der Waals surface area contributed by atoms with E-state index in [-0.39, 0.29) is 22.7 Å². The average Bonchev–Trinajstić information content (AvgIpc) is 2.78. The number of hydrogen-bond acceptors (Lipinski definition) is 4. The van der Waals surface area contributed by atoms with Gasteiger partial charge in [0.1, 0.15) is 5.75 Å². The Bertz CT molecular complexity index is 1010. The summed E-state index contributed by atoms with van der Waals surface area (Å²) in [5, 5.41) is 3.00. The molecular formula is C28H33NO4. The topological polar surface area (TPSA) is 64.6 Å². The highest BCUT2D eigenvalue weighted by atomic mass is 16.5. The monoisotopic (exact) mass is 447 g/mol. The molecule has 6 rings (SSSR count). The largest absolute Gasteiger partial charge is 0.497 e. The highest BCUT2D eigenvalue weighted by Gasteiger charge is 2.58. The van der Waals surface area contributed by atoms with Crippen molar-refractivity contribution in [3.63, 3.8) is 0 Å². The van der Waals surface area contributed by atoms with Crippen molar-refractivity contribution in [2.24, 2.45) is 17.3 Å². The standard InChI is InChI=1S/C28H33NO4/c1-3-33-25(30)17-27-13-19-12-20(14-27)16-28(15-19,18-27)22-6-8-23(9-7-22)29-26(31)21-4-10-24(32-2)11-5-21/h4-11,19-20H,3,12-18H2,1-2H3,(H,29,31). The number of ether oxygens (including phenoxy) is 2. The van der Waals surface area contributed by atoms with Crippen LogP contribution in [0.25, 0.3) is 0 Å². The predicted molar refractivity (Wildman–Crippen MR) is 127 cm³/mol. The zero-order valence-corrected chi connectivity index (χ0v) is 19.6. The molecule has 4 bridgehead atoms. The van der Waals surface area contributed by atoms with Crippen LogP contribution in [0.5, 0.6) is 5.75 Å². The normalized spacial score (nSPS) is 29.5. The molecule has 2 aromatic carbocycles. The molecule has 0 heterocycles. The number of esters is 1. The van der Waals surface area contributed by atoms with E-state index in [1.807, 2.05) is 19.1 Å². The van der Waals surface area contributed by atoms with Crippen LogP contribution in [0, 0.1) is 17.3 Å². The molecule has 4 saturated carbocycles. The van der Waals surface area contributed by atoms with Crippen LogP contribution in [0.3, 0.4) is 0 Å². The molecule has 174 valence electrons. The molecule has 5 nitrogen and oxygen atoms in total. The predicted octanol–water partition coefficient (Wildman–Crippen LogP) is 5.74. The summed E-state index contributed by atoms with van der Waals surface area (Å²) in [4.78, 5) is 25.0. The number of methoxy groups -OCH3 is 1. The van der Waals surface area contributed by atoms with Crippen molar-refractivity contribution in [2.45, 2.75) is 57.3 Å². The van der Waals surface area contributed by atoms with Gasteiger partial charge in [-0.05, 0) is 110 Å². The van der Waals surface area contributed by atoms with Crippen molar-refractivity contribution in [2.75, 3.05) is 19.0 Å². The number of rotatable bonds is 7.